The predicted molar refractivity (Wildman–Crippen MR) is 77.9 cm³/mol. The molecule has 0 saturated heterocycles. The molecule has 18 heavy (non-hydrogen) atoms. The summed E-state index contributed by atoms with van der Waals surface area (Å²) in [6, 6.07) is 8.25. The third kappa shape index (κ3) is 2.96. The van der Waals surface area contributed by atoms with Crippen molar-refractivity contribution < 1.29 is 4.79 Å². The highest BCUT2D eigenvalue weighted by Crippen LogP contribution is 2.44. The number of benzene rings is 1. The number of thioether (sulfide) groups is 1. The lowest BCUT2D eigenvalue weighted by atomic mass is 10.1. The Morgan fingerprint density at radius 1 is 1.33 bits per heavy atom. The number of hydrogen-bond donors (Lipinski definition) is 0. The average molecular weight is 261 g/mol. The molecule has 0 unspecified atom stereocenters. The van der Waals surface area contributed by atoms with E-state index in [9.17, 15) is 4.79 Å². The summed E-state index contributed by atoms with van der Waals surface area (Å²) < 4.78 is 0. The van der Waals surface area contributed by atoms with Gasteiger partial charge < -0.3 is 4.90 Å². The van der Waals surface area contributed by atoms with Gasteiger partial charge in [-0.25, -0.2) is 0 Å². The van der Waals surface area contributed by atoms with Crippen LogP contribution < -0.4 is 4.90 Å². The summed E-state index contributed by atoms with van der Waals surface area (Å²) in [5.41, 5.74) is 1.19. The molecule has 0 aromatic heterocycles. The molecule has 2 nitrogen and oxygen atoms in total. The number of anilines is 1. The van der Waals surface area contributed by atoms with E-state index >= 15 is 0 Å². The second kappa shape index (κ2) is 6.10. The van der Waals surface area contributed by atoms with E-state index in [0.29, 0.717) is 6.42 Å². The van der Waals surface area contributed by atoms with Crippen molar-refractivity contribution in [2.45, 2.75) is 37.5 Å². The van der Waals surface area contributed by atoms with Gasteiger partial charge in [0.05, 0.1) is 10.7 Å². The van der Waals surface area contributed by atoms with Gasteiger partial charge in [0.2, 0.25) is 0 Å². The molecule has 96 valence electrons. The van der Waals surface area contributed by atoms with Crippen LogP contribution >= 0.6 is 11.8 Å². The summed E-state index contributed by atoms with van der Waals surface area (Å²) in [6.45, 7) is 2.15. The van der Waals surface area contributed by atoms with Crippen molar-refractivity contribution in [3.05, 3.63) is 35.4 Å². The van der Waals surface area contributed by atoms with Gasteiger partial charge in [0.1, 0.15) is 0 Å². The minimum absolute atomic E-state index is 0.241. The minimum Gasteiger partial charge on any atom is -0.338 e. The second-order valence-electron chi connectivity index (χ2n) is 4.53. The van der Waals surface area contributed by atoms with Crippen molar-refractivity contribution in [3.63, 3.8) is 0 Å². The van der Waals surface area contributed by atoms with Crippen LogP contribution in [0.15, 0.2) is 40.3 Å². The number of rotatable bonds is 5. The van der Waals surface area contributed by atoms with Gasteiger partial charge in [0.25, 0.3) is 0 Å². The fraction of sp³-hybridized carbons (Fsp3) is 0.400. The molecule has 0 N–H and O–H groups in total. The van der Waals surface area contributed by atoms with Crippen molar-refractivity contribution in [1.82, 2.24) is 0 Å². The molecule has 0 fully saturated rings. The summed E-state index contributed by atoms with van der Waals surface area (Å²) in [7, 11) is 2.02. The molecule has 0 radical (unpaired) electrons. The van der Waals surface area contributed by atoms with E-state index in [-0.39, 0.29) is 5.78 Å². The number of unbranched alkanes of at least 4 members (excludes halogenated alkanes) is 2. The fourth-order valence-electron chi connectivity index (χ4n) is 2.01. The number of ketones is 1. The van der Waals surface area contributed by atoms with E-state index in [4.69, 9.17) is 0 Å². The molecule has 1 heterocycles. The maximum atomic E-state index is 11.9. The Labute approximate surface area is 113 Å². The Morgan fingerprint density at radius 3 is 2.83 bits per heavy atom. The van der Waals surface area contributed by atoms with Gasteiger partial charge >= 0.3 is 0 Å². The van der Waals surface area contributed by atoms with Crippen LogP contribution in [0.3, 0.4) is 0 Å². The van der Waals surface area contributed by atoms with Gasteiger partial charge in [-0.3, -0.25) is 4.79 Å². The molecule has 0 bridgehead atoms. The molecular formula is C15H19NOS. The smallest absolute Gasteiger partial charge is 0.158 e. The summed E-state index contributed by atoms with van der Waals surface area (Å²) >= 11 is 1.68. The van der Waals surface area contributed by atoms with Crippen molar-refractivity contribution in [1.29, 1.82) is 0 Å². The maximum absolute atomic E-state index is 11.9. The van der Waals surface area contributed by atoms with Crippen LogP contribution in [0.5, 0.6) is 0 Å². The first kappa shape index (κ1) is 13.2. The van der Waals surface area contributed by atoms with Crippen LogP contribution in [0, 0.1) is 0 Å². The van der Waals surface area contributed by atoms with Gasteiger partial charge in [-0.2, -0.15) is 0 Å². The van der Waals surface area contributed by atoms with Crippen LogP contribution in [-0.2, 0) is 4.79 Å². The van der Waals surface area contributed by atoms with Crippen LogP contribution in [-0.4, -0.2) is 12.8 Å². The maximum Gasteiger partial charge on any atom is 0.158 e. The minimum atomic E-state index is 0.241. The number of hydrogen-bond acceptors (Lipinski definition) is 3. The van der Waals surface area contributed by atoms with E-state index in [2.05, 4.69) is 24.0 Å². The quantitative estimate of drug-likeness (QED) is 0.584. The van der Waals surface area contributed by atoms with E-state index < -0.39 is 0 Å². The number of carbonyl (C=O) groups excluding carboxylic acids is 1. The second-order valence-corrected chi connectivity index (χ2v) is 5.60. The lowest BCUT2D eigenvalue weighted by molar-refractivity contribution is -0.114. The average Bonchev–Trinajstić information content (AvgIpc) is 2.67. The molecule has 0 spiro atoms. The first-order valence-corrected chi connectivity index (χ1v) is 7.29. The standard InChI is InChI=1S/C15H19NOS/c1-3-4-5-8-12(17)11-15-16(2)13-9-6-7-10-14(13)18-15/h6-7,9-11H,3-5,8H2,1-2H3. The lowest BCUT2D eigenvalue weighted by Crippen LogP contribution is -2.11. The molecule has 0 aliphatic carbocycles. The zero-order chi connectivity index (χ0) is 13.0. The summed E-state index contributed by atoms with van der Waals surface area (Å²) in [5.74, 6) is 0.241. The van der Waals surface area contributed by atoms with Crippen molar-refractivity contribution in [2.75, 3.05) is 11.9 Å². The van der Waals surface area contributed by atoms with Gasteiger partial charge in [-0.05, 0) is 18.6 Å². The van der Waals surface area contributed by atoms with E-state index in [1.54, 1.807) is 17.8 Å². The Kier molecular flexibility index (Phi) is 4.48. The van der Waals surface area contributed by atoms with E-state index in [0.717, 1.165) is 24.3 Å². The zero-order valence-electron chi connectivity index (χ0n) is 11.0. The molecular weight excluding hydrogens is 242 g/mol. The zero-order valence-corrected chi connectivity index (χ0v) is 11.8. The Balaban J connectivity index is 2.02. The Bertz CT molecular complexity index is 467. The molecule has 1 aliphatic rings. The van der Waals surface area contributed by atoms with Crippen LogP contribution in [0.25, 0.3) is 0 Å². The van der Waals surface area contributed by atoms with Crippen LogP contribution in [0.4, 0.5) is 5.69 Å². The van der Waals surface area contributed by atoms with Crippen molar-refractivity contribution >= 4 is 23.2 Å². The largest absolute Gasteiger partial charge is 0.338 e. The number of fused-ring (bicyclic) bond motifs is 1. The number of nitrogens with zero attached hydrogens (tertiary/aromatic N) is 1. The van der Waals surface area contributed by atoms with Gasteiger partial charge in [0.15, 0.2) is 5.78 Å². The Morgan fingerprint density at radius 2 is 2.11 bits per heavy atom. The van der Waals surface area contributed by atoms with Gasteiger partial charge in [-0.1, -0.05) is 43.7 Å². The number of para-hydroxylation sites is 1. The summed E-state index contributed by atoms with van der Waals surface area (Å²) in [6.07, 6.45) is 5.75. The first-order chi connectivity index (χ1) is 8.72. The third-order valence-corrected chi connectivity index (χ3v) is 4.25. The van der Waals surface area contributed by atoms with Gasteiger partial charge in [-0.15, -0.1) is 0 Å². The lowest BCUT2D eigenvalue weighted by Gasteiger charge is -2.12. The molecule has 0 saturated carbocycles. The molecule has 3 heteroatoms. The third-order valence-electron chi connectivity index (χ3n) is 3.08. The van der Waals surface area contributed by atoms with E-state index in [1.165, 1.54) is 10.6 Å². The highest BCUT2D eigenvalue weighted by molar-refractivity contribution is 8.03. The molecule has 0 atom stereocenters. The summed E-state index contributed by atoms with van der Waals surface area (Å²) in [4.78, 5) is 15.2. The fourth-order valence-corrected chi connectivity index (χ4v) is 3.11. The van der Waals surface area contributed by atoms with Crippen molar-refractivity contribution in [2.24, 2.45) is 0 Å². The topological polar surface area (TPSA) is 20.3 Å². The number of allylic oxidation sites excluding steroid dienone is 1. The van der Waals surface area contributed by atoms with Crippen LogP contribution in [0.1, 0.15) is 32.6 Å². The molecule has 0 amide bonds. The molecule has 2 rings (SSSR count). The summed E-state index contributed by atoms with van der Waals surface area (Å²) in [5, 5.41) is 1.04. The van der Waals surface area contributed by atoms with Gasteiger partial charge in [0, 0.05) is 24.4 Å². The van der Waals surface area contributed by atoms with Crippen LogP contribution in [0.2, 0.25) is 0 Å². The van der Waals surface area contributed by atoms with Crippen molar-refractivity contribution in [3.8, 4) is 0 Å². The monoisotopic (exact) mass is 261 g/mol. The highest BCUT2D eigenvalue weighted by Gasteiger charge is 2.21. The highest BCUT2D eigenvalue weighted by atomic mass is 32.2. The predicted octanol–water partition coefficient (Wildman–Crippen LogP) is 4.22. The first-order valence-electron chi connectivity index (χ1n) is 6.47. The number of carbonyl (C=O) groups is 1. The molecule has 1 aromatic carbocycles. The SMILES string of the molecule is CCCCCC(=O)C=C1Sc2ccccc2N1C. The molecule has 1 aliphatic heterocycles. The Hall–Kier alpha value is -1.22. The van der Waals surface area contributed by atoms with E-state index in [1.807, 2.05) is 19.2 Å². The normalized spacial score (nSPS) is 16.1. The molecule has 1 aromatic rings.